The molecular formula is C30H22N2. The molecule has 0 spiro atoms. The normalized spacial score (nSPS) is 12.3. The zero-order chi connectivity index (χ0) is 21.5. The minimum Gasteiger partial charge on any atom is -0.335 e. The number of anilines is 2. The molecule has 0 aromatic heterocycles. The van der Waals surface area contributed by atoms with Crippen molar-refractivity contribution in [2.24, 2.45) is 4.99 Å². The van der Waals surface area contributed by atoms with Crippen LogP contribution in [-0.2, 0) is 6.54 Å². The average molecular weight is 411 g/mol. The quantitative estimate of drug-likeness (QED) is 0.274. The number of benzene rings is 5. The van der Waals surface area contributed by atoms with Crippen molar-refractivity contribution in [1.82, 2.24) is 0 Å². The highest BCUT2D eigenvalue weighted by molar-refractivity contribution is 5.93. The predicted octanol–water partition coefficient (Wildman–Crippen LogP) is 8.16. The molecule has 32 heavy (non-hydrogen) atoms. The van der Waals surface area contributed by atoms with Crippen molar-refractivity contribution in [2.75, 3.05) is 4.90 Å². The molecule has 0 unspecified atom stereocenters. The number of para-hydroxylation sites is 2. The first-order valence-electron chi connectivity index (χ1n) is 10.9. The van der Waals surface area contributed by atoms with Gasteiger partial charge in [-0.25, -0.2) is 0 Å². The van der Waals surface area contributed by atoms with E-state index in [-0.39, 0.29) is 0 Å². The molecule has 1 aliphatic heterocycles. The first kappa shape index (κ1) is 18.6. The smallest absolute Gasteiger partial charge is 0.0859 e. The van der Waals surface area contributed by atoms with Crippen LogP contribution in [0.15, 0.2) is 114 Å². The van der Waals surface area contributed by atoms with E-state index in [4.69, 9.17) is 0 Å². The van der Waals surface area contributed by atoms with Crippen LogP contribution < -0.4 is 4.90 Å². The molecule has 0 N–H and O–H groups in total. The molecule has 1 heterocycles. The van der Waals surface area contributed by atoms with E-state index in [1.54, 1.807) is 0 Å². The summed E-state index contributed by atoms with van der Waals surface area (Å²) in [7, 11) is 0. The molecule has 6 rings (SSSR count). The summed E-state index contributed by atoms with van der Waals surface area (Å²) in [6.07, 6.45) is 0. The molecule has 2 heteroatoms. The predicted molar refractivity (Wildman–Crippen MR) is 136 cm³/mol. The molecule has 0 aliphatic carbocycles. The first-order chi connectivity index (χ1) is 15.8. The third-order valence-electron chi connectivity index (χ3n) is 6.35. The Balaban J connectivity index is 1.54. The second kappa shape index (κ2) is 7.51. The molecule has 0 fully saturated rings. The van der Waals surface area contributed by atoms with Crippen molar-refractivity contribution in [2.45, 2.75) is 6.54 Å². The summed E-state index contributed by atoms with van der Waals surface area (Å²) < 4.78 is 0. The number of hydrogen-bond acceptors (Lipinski definition) is 2. The first-order valence-corrected chi connectivity index (χ1v) is 10.9. The Bertz CT molecular complexity index is 1480. The van der Waals surface area contributed by atoms with Crippen LogP contribution in [-0.4, -0.2) is 6.72 Å². The number of rotatable bonds is 3. The number of fused-ring (bicyclic) bond motifs is 4. The summed E-state index contributed by atoms with van der Waals surface area (Å²) in [4.78, 5) is 6.63. The maximum Gasteiger partial charge on any atom is 0.0859 e. The van der Waals surface area contributed by atoms with E-state index in [1.165, 1.54) is 44.3 Å². The standard InChI is InChI=1S/C30H22N2/c1-31-28-12-6-7-13-30(28)32-20-25-10-4-5-11-26(25)27-19-24(16-17-29(27)32)23-15-14-21-8-2-3-9-22(21)18-23/h2-19H,1,20H2. The molecule has 2 nitrogen and oxygen atoms in total. The van der Waals surface area contributed by atoms with Crippen molar-refractivity contribution in [3.05, 3.63) is 115 Å². The summed E-state index contributed by atoms with van der Waals surface area (Å²) in [6, 6.07) is 38.9. The highest BCUT2D eigenvalue weighted by Crippen LogP contribution is 2.46. The van der Waals surface area contributed by atoms with E-state index in [2.05, 4.69) is 114 Å². The third-order valence-corrected chi connectivity index (χ3v) is 6.35. The zero-order valence-electron chi connectivity index (χ0n) is 17.7. The molecule has 5 aromatic rings. The Hall–Kier alpha value is -4.17. The monoisotopic (exact) mass is 410 g/mol. The van der Waals surface area contributed by atoms with Gasteiger partial charge in [0.15, 0.2) is 0 Å². The minimum atomic E-state index is 0.811. The Kier molecular flexibility index (Phi) is 4.36. The van der Waals surface area contributed by atoms with Gasteiger partial charge in [0.05, 0.1) is 11.4 Å². The van der Waals surface area contributed by atoms with Gasteiger partial charge in [0.1, 0.15) is 0 Å². The summed E-state index contributed by atoms with van der Waals surface area (Å²) in [5.74, 6) is 0. The van der Waals surface area contributed by atoms with Gasteiger partial charge in [-0.2, -0.15) is 0 Å². The minimum absolute atomic E-state index is 0.811. The molecule has 0 amide bonds. The van der Waals surface area contributed by atoms with Crippen LogP contribution in [0, 0.1) is 0 Å². The van der Waals surface area contributed by atoms with E-state index in [0.717, 1.165) is 17.9 Å². The van der Waals surface area contributed by atoms with Crippen molar-refractivity contribution < 1.29 is 0 Å². The lowest BCUT2D eigenvalue weighted by Crippen LogP contribution is -2.21. The van der Waals surface area contributed by atoms with Gasteiger partial charge < -0.3 is 4.90 Å². The van der Waals surface area contributed by atoms with Crippen molar-refractivity contribution in [1.29, 1.82) is 0 Å². The Morgan fingerprint density at radius 2 is 1.31 bits per heavy atom. The van der Waals surface area contributed by atoms with E-state index >= 15 is 0 Å². The van der Waals surface area contributed by atoms with Gasteiger partial charge in [0.2, 0.25) is 0 Å². The van der Waals surface area contributed by atoms with E-state index in [1.807, 2.05) is 12.1 Å². The van der Waals surface area contributed by atoms with E-state index in [9.17, 15) is 0 Å². The fourth-order valence-electron chi connectivity index (χ4n) is 4.75. The van der Waals surface area contributed by atoms with Crippen LogP contribution in [0.25, 0.3) is 33.0 Å². The molecule has 1 aliphatic rings. The van der Waals surface area contributed by atoms with E-state index in [0.29, 0.717) is 0 Å². The van der Waals surface area contributed by atoms with Gasteiger partial charge in [-0.3, -0.25) is 4.99 Å². The molecule has 0 saturated heterocycles. The van der Waals surface area contributed by atoms with Crippen LogP contribution in [0.2, 0.25) is 0 Å². The summed E-state index contributed by atoms with van der Waals surface area (Å²) in [6.45, 7) is 4.60. The molecular weight excluding hydrogens is 388 g/mol. The molecule has 152 valence electrons. The molecule has 0 bridgehead atoms. The van der Waals surface area contributed by atoms with Crippen molar-refractivity contribution >= 4 is 34.6 Å². The van der Waals surface area contributed by atoms with Gasteiger partial charge >= 0.3 is 0 Å². The Morgan fingerprint density at radius 1 is 0.594 bits per heavy atom. The summed E-state index contributed by atoms with van der Waals surface area (Å²) in [5.41, 5.74) is 9.49. The molecule has 0 atom stereocenters. The van der Waals surface area contributed by atoms with Gasteiger partial charge in [-0.05, 0) is 70.1 Å². The third kappa shape index (κ3) is 3.00. The summed E-state index contributed by atoms with van der Waals surface area (Å²) in [5, 5.41) is 2.52. The van der Waals surface area contributed by atoms with Crippen molar-refractivity contribution in [3.8, 4) is 22.3 Å². The topological polar surface area (TPSA) is 15.6 Å². The molecule has 5 aromatic carbocycles. The maximum absolute atomic E-state index is 4.28. The van der Waals surface area contributed by atoms with Gasteiger partial charge in [-0.15, -0.1) is 0 Å². The number of nitrogens with zero attached hydrogens (tertiary/aromatic N) is 2. The van der Waals surface area contributed by atoms with Crippen molar-refractivity contribution in [3.63, 3.8) is 0 Å². The van der Waals surface area contributed by atoms with Crippen LogP contribution in [0.4, 0.5) is 17.1 Å². The molecule has 0 saturated carbocycles. The van der Waals surface area contributed by atoms with Crippen LogP contribution in [0.5, 0.6) is 0 Å². The average Bonchev–Trinajstić information content (AvgIpc) is 2.87. The van der Waals surface area contributed by atoms with Gasteiger partial charge in [0, 0.05) is 17.8 Å². The lowest BCUT2D eigenvalue weighted by molar-refractivity contribution is 0.961. The van der Waals surface area contributed by atoms with E-state index < -0.39 is 0 Å². The Morgan fingerprint density at radius 3 is 2.22 bits per heavy atom. The van der Waals surface area contributed by atoms with Crippen LogP contribution in [0.3, 0.4) is 0 Å². The lowest BCUT2D eigenvalue weighted by Gasteiger charge is -2.34. The fraction of sp³-hybridized carbons (Fsp3) is 0.0333. The van der Waals surface area contributed by atoms with Crippen LogP contribution in [0.1, 0.15) is 5.56 Å². The number of aliphatic imine (C=N–C) groups is 1. The van der Waals surface area contributed by atoms with Gasteiger partial charge in [-0.1, -0.05) is 78.9 Å². The fourth-order valence-corrected chi connectivity index (χ4v) is 4.75. The lowest BCUT2D eigenvalue weighted by atomic mass is 9.90. The second-order valence-corrected chi connectivity index (χ2v) is 8.18. The SMILES string of the molecule is C=Nc1ccccc1N1Cc2ccccc2-c2cc(-c3ccc4ccccc4c3)ccc21. The maximum atomic E-state index is 4.28. The van der Waals surface area contributed by atoms with Crippen LogP contribution >= 0.6 is 0 Å². The second-order valence-electron chi connectivity index (χ2n) is 8.18. The van der Waals surface area contributed by atoms with Gasteiger partial charge in [0.25, 0.3) is 0 Å². The largest absolute Gasteiger partial charge is 0.335 e. The highest BCUT2D eigenvalue weighted by atomic mass is 15.2. The Labute approximate surface area is 188 Å². The molecule has 0 radical (unpaired) electrons. The zero-order valence-corrected chi connectivity index (χ0v) is 17.7. The summed E-state index contributed by atoms with van der Waals surface area (Å²) >= 11 is 0. The number of hydrogen-bond donors (Lipinski definition) is 0. The highest BCUT2D eigenvalue weighted by Gasteiger charge is 2.24.